The molecule has 17 heavy (non-hydrogen) atoms. The Morgan fingerprint density at radius 2 is 2.06 bits per heavy atom. The molecule has 0 spiro atoms. The summed E-state index contributed by atoms with van der Waals surface area (Å²) >= 11 is 0. The molecule has 0 aliphatic rings. The van der Waals surface area contributed by atoms with E-state index in [1.807, 2.05) is 36.4 Å². The van der Waals surface area contributed by atoms with E-state index in [2.05, 4.69) is 4.98 Å². The molecule has 2 aromatic rings. The smallest absolute Gasteiger partial charge is 0.125 e. The highest BCUT2D eigenvalue weighted by Gasteiger charge is 2.07. The minimum Gasteiger partial charge on any atom is -0.488 e. The predicted molar refractivity (Wildman–Crippen MR) is 65.6 cm³/mol. The van der Waals surface area contributed by atoms with Crippen molar-refractivity contribution in [2.45, 2.75) is 19.6 Å². The van der Waals surface area contributed by atoms with Crippen LogP contribution in [0.1, 0.15) is 24.2 Å². The lowest BCUT2D eigenvalue weighted by atomic mass is 10.1. The second-order valence-electron chi connectivity index (χ2n) is 3.86. The number of hydrogen-bond donors (Lipinski definition) is 1. The Hall–Kier alpha value is -1.87. The first kappa shape index (κ1) is 11.6. The standard InChI is InChI=1S/C14H15NO2/c1-11(16)13-6-2-3-7-14(13)17-10-12-5-4-8-15-9-12/h2-9,11,16H,10H2,1H3/t11-/m1/s1. The van der Waals surface area contributed by atoms with Crippen molar-refractivity contribution in [2.75, 3.05) is 0 Å². The Morgan fingerprint density at radius 3 is 2.76 bits per heavy atom. The van der Waals surface area contributed by atoms with Crippen molar-refractivity contribution in [3.8, 4) is 5.75 Å². The van der Waals surface area contributed by atoms with Crippen LogP contribution in [0.15, 0.2) is 48.8 Å². The quantitative estimate of drug-likeness (QED) is 0.876. The number of aliphatic hydroxyl groups excluding tert-OH is 1. The summed E-state index contributed by atoms with van der Waals surface area (Å²) in [4.78, 5) is 4.03. The van der Waals surface area contributed by atoms with Gasteiger partial charge in [-0.2, -0.15) is 0 Å². The summed E-state index contributed by atoms with van der Waals surface area (Å²) in [5, 5.41) is 9.61. The third kappa shape index (κ3) is 3.04. The van der Waals surface area contributed by atoms with Crippen molar-refractivity contribution in [3.05, 3.63) is 59.9 Å². The monoisotopic (exact) mass is 229 g/mol. The molecule has 1 N–H and O–H groups in total. The summed E-state index contributed by atoms with van der Waals surface area (Å²) < 4.78 is 5.68. The van der Waals surface area contributed by atoms with Crippen LogP contribution >= 0.6 is 0 Å². The maximum atomic E-state index is 9.61. The summed E-state index contributed by atoms with van der Waals surface area (Å²) in [5.41, 5.74) is 1.81. The van der Waals surface area contributed by atoms with Gasteiger partial charge >= 0.3 is 0 Å². The summed E-state index contributed by atoms with van der Waals surface area (Å²) in [6.45, 7) is 2.18. The van der Waals surface area contributed by atoms with Crippen molar-refractivity contribution in [2.24, 2.45) is 0 Å². The Balaban J connectivity index is 2.09. The van der Waals surface area contributed by atoms with Crippen LogP contribution in [0.3, 0.4) is 0 Å². The van der Waals surface area contributed by atoms with Crippen molar-refractivity contribution in [1.82, 2.24) is 4.98 Å². The van der Waals surface area contributed by atoms with Gasteiger partial charge in [0.15, 0.2) is 0 Å². The lowest BCUT2D eigenvalue weighted by Gasteiger charge is -2.12. The van der Waals surface area contributed by atoms with Gasteiger partial charge in [0.25, 0.3) is 0 Å². The molecule has 1 aromatic carbocycles. The first-order valence-corrected chi connectivity index (χ1v) is 5.56. The van der Waals surface area contributed by atoms with Gasteiger partial charge in [0, 0.05) is 23.5 Å². The molecule has 1 heterocycles. The summed E-state index contributed by atoms with van der Waals surface area (Å²) in [7, 11) is 0. The Kier molecular flexibility index (Phi) is 3.73. The maximum absolute atomic E-state index is 9.61. The fourth-order valence-corrected chi connectivity index (χ4v) is 1.60. The molecule has 0 aliphatic carbocycles. The molecular formula is C14H15NO2. The Bertz CT molecular complexity index is 469. The van der Waals surface area contributed by atoms with Gasteiger partial charge in [-0.1, -0.05) is 24.3 Å². The topological polar surface area (TPSA) is 42.4 Å². The fraction of sp³-hybridized carbons (Fsp3) is 0.214. The normalized spacial score (nSPS) is 12.1. The van der Waals surface area contributed by atoms with E-state index < -0.39 is 6.10 Å². The molecule has 0 unspecified atom stereocenters. The van der Waals surface area contributed by atoms with Crippen LogP contribution in [0.4, 0.5) is 0 Å². The average molecular weight is 229 g/mol. The van der Waals surface area contributed by atoms with Crippen LogP contribution in [0.25, 0.3) is 0 Å². The molecule has 0 bridgehead atoms. The molecule has 0 amide bonds. The summed E-state index contributed by atoms with van der Waals surface area (Å²) in [6, 6.07) is 11.3. The Labute approximate surface area is 101 Å². The van der Waals surface area contributed by atoms with Crippen LogP contribution in [0, 0.1) is 0 Å². The van der Waals surface area contributed by atoms with Gasteiger partial charge in [0.2, 0.25) is 0 Å². The fourth-order valence-electron chi connectivity index (χ4n) is 1.60. The van der Waals surface area contributed by atoms with Crippen LogP contribution in [0.2, 0.25) is 0 Å². The number of aromatic nitrogens is 1. The number of nitrogens with zero attached hydrogens (tertiary/aromatic N) is 1. The molecule has 0 saturated carbocycles. The number of hydrogen-bond acceptors (Lipinski definition) is 3. The van der Waals surface area contributed by atoms with E-state index in [-0.39, 0.29) is 0 Å². The number of ether oxygens (including phenoxy) is 1. The van der Waals surface area contributed by atoms with Crippen molar-refractivity contribution in [1.29, 1.82) is 0 Å². The second-order valence-corrected chi connectivity index (χ2v) is 3.86. The third-order valence-corrected chi connectivity index (χ3v) is 2.49. The molecule has 88 valence electrons. The van der Waals surface area contributed by atoms with Crippen molar-refractivity contribution < 1.29 is 9.84 Å². The number of rotatable bonds is 4. The van der Waals surface area contributed by atoms with Crippen molar-refractivity contribution in [3.63, 3.8) is 0 Å². The average Bonchev–Trinajstić information content (AvgIpc) is 2.38. The van der Waals surface area contributed by atoms with Gasteiger partial charge in [0.1, 0.15) is 12.4 Å². The van der Waals surface area contributed by atoms with E-state index >= 15 is 0 Å². The minimum absolute atomic E-state index is 0.456. The van der Waals surface area contributed by atoms with Crippen LogP contribution in [0.5, 0.6) is 5.75 Å². The van der Waals surface area contributed by atoms with Crippen LogP contribution in [-0.2, 0) is 6.61 Å². The van der Waals surface area contributed by atoms with E-state index in [9.17, 15) is 5.11 Å². The van der Waals surface area contributed by atoms with E-state index in [1.165, 1.54) is 0 Å². The summed E-state index contributed by atoms with van der Waals surface area (Å²) in [6.07, 6.45) is 2.97. The van der Waals surface area contributed by atoms with E-state index in [4.69, 9.17) is 4.74 Å². The highest BCUT2D eigenvalue weighted by atomic mass is 16.5. The SMILES string of the molecule is C[C@@H](O)c1ccccc1OCc1cccnc1. The Morgan fingerprint density at radius 1 is 1.24 bits per heavy atom. The first-order valence-electron chi connectivity index (χ1n) is 5.56. The zero-order valence-electron chi connectivity index (χ0n) is 9.71. The first-order chi connectivity index (χ1) is 8.27. The number of benzene rings is 1. The number of aliphatic hydroxyl groups is 1. The van der Waals surface area contributed by atoms with Crippen LogP contribution in [-0.4, -0.2) is 10.1 Å². The van der Waals surface area contributed by atoms with Gasteiger partial charge in [-0.05, 0) is 19.1 Å². The van der Waals surface area contributed by atoms with E-state index in [0.717, 1.165) is 11.1 Å². The molecule has 0 aliphatic heterocycles. The highest BCUT2D eigenvalue weighted by Crippen LogP contribution is 2.25. The molecule has 0 saturated heterocycles. The van der Waals surface area contributed by atoms with Gasteiger partial charge in [-0.25, -0.2) is 0 Å². The summed E-state index contributed by atoms with van der Waals surface area (Å²) in [5.74, 6) is 0.714. The molecule has 2 rings (SSSR count). The predicted octanol–water partition coefficient (Wildman–Crippen LogP) is 2.71. The molecule has 3 heteroatoms. The van der Waals surface area contributed by atoms with Gasteiger partial charge in [-0.15, -0.1) is 0 Å². The maximum Gasteiger partial charge on any atom is 0.125 e. The molecular weight excluding hydrogens is 214 g/mol. The zero-order valence-corrected chi connectivity index (χ0v) is 9.71. The number of pyridine rings is 1. The highest BCUT2D eigenvalue weighted by molar-refractivity contribution is 5.34. The molecule has 0 radical (unpaired) electrons. The van der Waals surface area contributed by atoms with E-state index in [1.54, 1.807) is 19.3 Å². The van der Waals surface area contributed by atoms with Crippen LogP contribution < -0.4 is 4.74 Å². The van der Waals surface area contributed by atoms with Crippen molar-refractivity contribution >= 4 is 0 Å². The molecule has 3 nitrogen and oxygen atoms in total. The lowest BCUT2D eigenvalue weighted by molar-refractivity contribution is 0.190. The van der Waals surface area contributed by atoms with E-state index in [0.29, 0.717) is 12.4 Å². The lowest BCUT2D eigenvalue weighted by Crippen LogP contribution is -2.00. The minimum atomic E-state index is -0.528. The number of para-hydroxylation sites is 1. The molecule has 1 aromatic heterocycles. The second kappa shape index (κ2) is 5.46. The largest absolute Gasteiger partial charge is 0.488 e. The molecule has 0 fully saturated rings. The zero-order chi connectivity index (χ0) is 12.1. The van der Waals surface area contributed by atoms with Gasteiger partial charge in [0.05, 0.1) is 6.10 Å². The van der Waals surface area contributed by atoms with Gasteiger partial charge in [-0.3, -0.25) is 4.98 Å². The molecule has 1 atom stereocenters. The third-order valence-electron chi connectivity index (χ3n) is 2.49. The van der Waals surface area contributed by atoms with Gasteiger partial charge < -0.3 is 9.84 Å².